The van der Waals surface area contributed by atoms with Gasteiger partial charge in [0.05, 0.1) is 0 Å². The Kier molecular flexibility index (Phi) is 4.83. The predicted octanol–water partition coefficient (Wildman–Crippen LogP) is 2.72. The number of carbonyl (C=O) groups excluding carboxylic acids is 1. The predicted molar refractivity (Wildman–Crippen MR) is 72.7 cm³/mol. The molecule has 0 aliphatic carbocycles. The molecule has 0 aromatic carbocycles. The molecule has 0 fully saturated rings. The lowest BCUT2D eigenvalue weighted by molar-refractivity contribution is -0.119. The lowest BCUT2D eigenvalue weighted by Gasteiger charge is -2.26. The van der Waals surface area contributed by atoms with Crippen molar-refractivity contribution < 1.29 is 4.79 Å². The van der Waals surface area contributed by atoms with Crippen LogP contribution < -0.4 is 5.73 Å². The Morgan fingerprint density at radius 1 is 1.47 bits per heavy atom. The lowest BCUT2D eigenvalue weighted by Crippen LogP contribution is -2.37. The van der Waals surface area contributed by atoms with Crippen LogP contribution in [-0.2, 0) is 11.2 Å². The van der Waals surface area contributed by atoms with Gasteiger partial charge in [-0.3, -0.25) is 9.78 Å². The Hall–Kier alpha value is -0.740. The van der Waals surface area contributed by atoms with Gasteiger partial charge in [0, 0.05) is 35.7 Å². The molecule has 1 heterocycles. The van der Waals surface area contributed by atoms with Gasteiger partial charge < -0.3 is 5.73 Å². The lowest BCUT2D eigenvalue weighted by atomic mass is 9.84. The minimum Gasteiger partial charge on any atom is -0.327 e. The van der Waals surface area contributed by atoms with Crippen molar-refractivity contribution in [3.8, 4) is 0 Å². The number of ketones is 1. The van der Waals surface area contributed by atoms with E-state index in [0.717, 1.165) is 10.0 Å². The average Bonchev–Trinajstić information content (AvgIpc) is 2.15. The number of aromatic nitrogens is 1. The highest BCUT2D eigenvalue weighted by Gasteiger charge is 2.23. The van der Waals surface area contributed by atoms with Gasteiger partial charge in [-0.1, -0.05) is 20.8 Å². The Labute approximate surface area is 111 Å². The molecule has 0 aliphatic heterocycles. The molecule has 1 atom stereocenters. The SMILES string of the molecule is CC(C)(C)C(N)CC(=O)Cc1cncc(Br)c1. The molecular weight excluding hydrogens is 280 g/mol. The Morgan fingerprint density at radius 2 is 2.12 bits per heavy atom. The standard InChI is InChI=1S/C13H19BrN2O/c1-13(2,3)12(15)6-11(17)5-9-4-10(14)8-16-7-9/h4,7-8,12H,5-6,15H2,1-3H3. The molecule has 1 aromatic rings. The Balaban J connectivity index is 2.56. The van der Waals surface area contributed by atoms with E-state index in [4.69, 9.17) is 5.73 Å². The maximum absolute atomic E-state index is 11.9. The topological polar surface area (TPSA) is 56.0 Å². The third-order valence-electron chi connectivity index (χ3n) is 2.72. The van der Waals surface area contributed by atoms with Crippen molar-refractivity contribution in [2.75, 3.05) is 0 Å². The van der Waals surface area contributed by atoms with Crippen LogP contribution in [0.5, 0.6) is 0 Å². The van der Waals surface area contributed by atoms with Crippen molar-refractivity contribution in [1.82, 2.24) is 4.98 Å². The summed E-state index contributed by atoms with van der Waals surface area (Å²) in [6.07, 6.45) is 4.23. The van der Waals surface area contributed by atoms with E-state index >= 15 is 0 Å². The molecule has 0 saturated carbocycles. The monoisotopic (exact) mass is 298 g/mol. The van der Waals surface area contributed by atoms with E-state index in [0.29, 0.717) is 12.8 Å². The second kappa shape index (κ2) is 5.74. The van der Waals surface area contributed by atoms with Gasteiger partial charge in [-0.25, -0.2) is 0 Å². The number of nitrogens with two attached hydrogens (primary N) is 1. The van der Waals surface area contributed by atoms with Gasteiger partial charge in [-0.2, -0.15) is 0 Å². The summed E-state index contributed by atoms with van der Waals surface area (Å²) in [5.74, 6) is 0.160. The van der Waals surface area contributed by atoms with Crippen LogP contribution in [0.1, 0.15) is 32.8 Å². The van der Waals surface area contributed by atoms with Crippen molar-refractivity contribution in [2.45, 2.75) is 39.7 Å². The molecule has 0 aliphatic rings. The number of nitrogens with zero attached hydrogens (tertiary/aromatic N) is 1. The minimum atomic E-state index is -0.102. The Bertz CT molecular complexity index is 399. The molecule has 0 amide bonds. The van der Waals surface area contributed by atoms with Crippen molar-refractivity contribution >= 4 is 21.7 Å². The summed E-state index contributed by atoms with van der Waals surface area (Å²) in [4.78, 5) is 15.9. The molecule has 4 heteroatoms. The van der Waals surface area contributed by atoms with Crippen LogP contribution in [0.2, 0.25) is 0 Å². The fourth-order valence-corrected chi connectivity index (χ4v) is 1.82. The highest BCUT2D eigenvalue weighted by molar-refractivity contribution is 9.10. The van der Waals surface area contributed by atoms with Crippen molar-refractivity contribution in [3.63, 3.8) is 0 Å². The largest absolute Gasteiger partial charge is 0.327 e. The number of carbonyl (C=O) groups is 1. The molecule has 94 valence electrons. The van der Waals surface area contributed by atoms with Crippen LogP contribution in [0.4, 0.5) is 0 Å². The molecule has 1 aromatic heterocycles. The molecule has 0 bridgehead atoms. The van der Waals surface area contributed by atoms with Gasteiger partial charge in [-0.05, 0) is 33.0 Å². The maximum Gasteiger partial charge on any atom is 0.138 e. The first-order valence-corrected chi connectivity index (χ1v) is 6.45. The van der Waals surface area contributed by atoms with Gasteiger partial charge in [0.2, 0.25) is 0 Å². The summed E-state index contributed by atoms with van der Waals surface area (Å²) in [6, 6.07) is 1.81. The summed E-state index contributed by atoms with van der Waals surface area (Å²) >= 11 is 3.34. The number of hydrogen-bond donors (Lipinski definition) is 1. The molecule has 0 radical (unpaired) electrons. The van der Waals surface area contributed by atoms with Gasteiger partial charge in [0.1, 0.15) is 5.78 Å². The number of halogens is 1. The molecule has 1 rings (SSSR count). The third kappa shape index (κ3) is 4.96. The minimum absolute atomic E-state index is 0.0365. The van der Waals surface area contributed by atoms with Crippen molar-refractivity contribution in [2.24, 2.45) is 11.1 Å². The zero-order chi connectivity index (χ0) is 13.1. The van der Waals surface area contributed by atoms with Crippen LogP contribution >= 0.6 is 15.9 Å². The quantitative estimate of drug-likeness (QED) is 0.930. The van der Waals surface area contributed by atoms with Crippen LogP contribution in [0.25, 0.3) is 0 Å². The van der Waals surface area contributed by atoms with Crippen molar-refractivity contribution in [1.29, 1.82) is 0 Å². The van der Waals surface area contributed by atoms with Crippen LogP contribution in [0.15, 0.2) is 22.9 Å². The maximum atomic E-state index is 11.9. The molecule has 17 heavy (non-hydrogen) atoms. The Morgan fingerprint density at radius 3 is 2.65 bits per heavy atom. The molecule has 0 spiro atoms. The first kappa shape index (κ1) is 14.3. The first-order valence-electron chi connectivity index (χ1n) is 5.66. The molecule has 0 saturated heterocycles. The van der Waals surface area contributed by atoms with Gasteiger partial charge in [0.15, 0.2) is 0 Å². The molecular formula is C13H19BrN2O. The molecule has 3 nitrogen and oxygen atoms in total. The number of pyridine rings is 1. The highest BCUT2D eigenvalue weighted by Crippen LogP contribution is 2.20. The van der Waals surface area contributed by atoms with E-state index in [2.05, 4.69) is 20.9 Å². The summed E-state index contributed by atoms with van der Waals surface area (Å²) in [5.41, 5.74) is 6.87. The summed E-state index contributed by atoms with van der Waals surface area (Å²) in [7, 11) is 0. The second-order valence-corrected chi connectivity index (χ2v) is 6.32. The second-order valence-electron chi connectivity index (χ2n) is 5.40. The third-order valence-corrected chi connectivity index (χ3v) is 3.16. The van der Waals surface area contributed by atoms with E-state index in [1.54, 1.807) is 12.4 Å². The molecule has 2 N–H and O–H groups in total. The highest BCUT2D eigenvalue weighted by atomic mass is 79.9. The average molecular weight is 299 g/mol. The van der Waals surface area contributed by atoms with E-state index in [-0.39, 0.29) is 17.2 Å². The van der Waals surface area contributed by atoms with Crippen LogP contribution in [-0.4, -0.2) is 16.8 Å². The number of rotatable bonds is 4. The number of Topliss-reactive ketones (excluding diaryl/α,β-unsaturated/α-hetero) is 1. The fraction of sp³-hybridized carbons (Fsp3) is 0.538. The van der Waals surface area contributed by atoms with Crippen LogP contribution in [0, 0.1) is 5.41 Å². The zero-order valence-electron chi connectivity index (χ0n) is 10.5. The summed E-state index contributed by atoms with van der Waals surface area (Å²) in [5, 5.41) is 0. The zero-order valence-corrected chi connectivity index (χ0v) is 12.1. The van der Waals surface area contributed by atoms with E-state index < -0.39 is 0 Å². The molecule has 1 unspecified atom stereocenters. The van der Waals surface area contributed by atoms with Crippen LogP contribution in [0.3, 0.4) is 0 Å². The first-order chi connectivity index (χ1) is 7.79. The number of hydrogen-bond acceptors (Lipinski definition) is 3. The fourth-order valence-electron chi connectivity index (χ4n) is 1.40. The van der Waals surface area contributed by atoms with Gasteiger partial charge >= 0.3 is 0 Å². The van der Waals surface area contributed by atoms with E-state index in [1.807, 2.05) is 26.8 Å². The smallest absolute Gasteiger partial charge is 0.138 e. The van der Waals surface area contributed by atoms with Gasteiger partial charge in [-0.15, -0.1) is 0 Å². The summed E-state index contributed by atoms with van der Waals surface area (Å²) < 4.78 is 0.892. The van der Waals surface area contributed by atoms with Crippen molar-refractivity contribution in [3.05, 3.63) is 28.5 Å². The van der Waals surface area contributed by atoms with E-state index in [1.165, 1.54) is 0 Å². The normalized spacial score (nSPS) is 13.5. The van der Waals surface area contributed by atoms with Gasteiger partial charge in [0.25, 0.3) is 0 Å². The van der Waals surface area contributed by atoms with E-state index in [9.17, 15) is 4.79 Å². The summed E-state index contributed by atoms with van der Waals surface area (Å²) in [6.45, 7) is 6.14.